The zero-order valence-corrected chi connectivity index (χ0v) is 12.9. The Labute approximate surface area is 134 Å². The van der Waals surface area contributed by atoms with Gasteiger partial charge in [0.15, 0.2) is 11.9 Å². The van der Waals surface area contributed by atoms with Crippen LogP contribution in [0.4, 0.5) is 5.69 Å². The highest BCUT2D eigenvalue weighted by molar-refractivity contribution is 5.96. The lowest BCUT2D eigenvalue weighted by Crippen LogP contribution is -2.30. The Kier molecular flexibility index (Phi) is 5.11. The molecule has 116 valence electrons. The van der Waals surface area contributed by atoms with E-state index >= 15 is 0 Å². The summed E-state index contributed by atoms with van der Waals surface area (Å²) in [6.45, 7) is 3.12. The summed E-state index contributed by atoms with van der Waals surface area (Å²) in [6, 6.07) is 15.2. The summed E-state index contributed by atoms with van der Waals surface area (Å²) < 4.78 is 5.53. The van der Waals surface area contributed by atoms with E-state index in [4.69, 9.17) is 10.00 Å². The van der Waals surface area contributed by atoms with E-state index in [0.717, 1.165) is 0 Å². The number of rotatable bonds is 5. The van der Waals surface area contributed by atoms with Gasteiger partial charge < -0.3 is 10.1 Å². The van der Waals surface area contributed by atoms with Crippen molar-refractivity contribution >= 4 is 17.4 Å². The van der Waals surface area contributed by atoms with Crippen LogP contribution in [0.25, 0.3) is 0 Å². The van der Waals surface area contributed by atoms with Gasteiger partial charge in [-0.1, -0.05) is 0 Å². The molecule has 2 aromatic carbocycles. The first-order chi connectivity index (χ1) is 11.0. The summed E-state index contributed by atoms with van der Waals surface area (Å²) in [4.78, 5) is 23.3. The molecule has 1 N–H and O–H groups in total. The number of nitriles is 1. The molecule has 0 bridgehead atoms. The lowest BCUT2D eigenvalue weighted by atomic mass is 10.1. The first-order valence-electron chi connectivity index (χ1n) is 7.08. The molecule has 0 aliphatic carbocycles. The van der Waals surface area contributed by atoms with Crippen molar-refractivity contribution in [2.75, 3.05) is 5.32 Å². The second-order valence-electron chi connectivity index (χ2n) is 5.02. The van der Waals surface area contributed by atoms with Gasteiger partial charge in [-0.25, -0.2) is 0 Å². The molecule has 0 spiro atoms. The zero-order valence-electron chi connectivity index (χ0n) is 12.9. The van der Waals surface area contributed by atoms with Crippen molar-refractivity contribution in [2.24, 2.45) is 0 Å². The fourth-order valence-electron chi connectivity index (χ4n) is 1.90. The van der Waals surface area contributed by atoms with Gasteiger partial charge in [0.05, 0.1) is 11.6 Å². The Balaban J connectivity index is 1.96. The molecule has 2 aromatic rings. The number of carbonyl (C=O) groups excluding carboxylic acids is 2. The SMILES string of the molecule is CC(=O)c1ccc(NC(=O)[C@H](C)Oc2ccc(C#N)cc2)cc1. The molecule has 0 unspecified atom stereocenters. The van der Waals surface area contributed by atoms with E-state index in [1.165, 1.54) is 6.92 Å². The molecular formula is C18H16N2O3. The topological polar surface area (TPSA) is 79.2 Å². The van der Waals surface area contributed by atoms with Crippen LogP contribution in [0.5, 0.6) is 5.75 Å². The minimum absolute atomic E-state index is 0.0274. The third-order valence-corrected chi connectivity index (χ3v) is 3.22. The summed E-state index contributed by atoms with van der Waals surface area (Å²) in [6.07, 6.45) is -0.699. The van der Waals surface area contributed by atoms with Crippen LogP contribution in [0.15, 0.2) is 48.5 Å². The summed E-state index contributed by atoms with van der Waals surface area (Å²) in [5, 5.41) is 11.5. The maximum atomic E-state index is 12.1. The van der Waals surface area contributed by atoms with E-state index in [0.29, 0.717) is 22.6 Å². The monoisotopic (exact) mass is 308 g/mol. The van der Waals surface area contributed by atoms with Crippen molar-refractivity contribution in [2.45, 2.75) is 20.0 Å². The standard InChI is InChI=1S/C18H16N2O3/c1-12(21)15-5-7-16(8-6-15)20-18(22)13(2)23-17-9-3-14(11-19)4-10-17/h3-10,13H,1-2H3,(H,20,22)/t13-/m0/s1. The molecule has 5 nitrogen and oxygen atoms in total. The molecule has 1 amide bonds. The van der Waals surface area contributed by atoms with E-state index in [1.54, 1.807) is 55.5 Å². The molecule has 0 aliphatic rings. The molecule has 5 heteroatoms. The minimum Gasteiger partial charge on any atom is -0.481 e. The van der Waals surface area contributed by atoms with Crippen molar-refractivity contribution in [3.8, 4) is 11.8 Å². The van der Waals surface area contributed by atoms with Crippen LogP contribution >= 0.6 is 0 Å². The third-order valence-electron chi connectivity index (χ3n) is 3.22. The van der Waals surface area contributed by atoms with Gasteiger partial charge in [-0.2, -0.15) is 5.26 Å². The first kappa shape index (κ1) is 16.2. The van der Waals surface area contributed by atoms with Crippen molar-refractivity contribution in [1.82, 2.24) is 0 Å². The summed E-state index contributed by atoms with van der Waals surface area (Å²) in [7, 11) is 0. The first-order valence-corrected chi connectivity index (χ1v) is 7.08. The number of hydrogen-bond donors (Lipinski definition) is 1. The Morgan fingerprint density at radius 3 is 2.22 bits per heavy atom. The lowest BCUT2D eigenvalue weighted by molar-refractivity contribution is -0.122. The average molecular weight is 308 g/mol. The fraction of sp³-hybridized carbons (Fsp3) is 0.167. The van der Waals surface area contributed by atoms with Crippen LogP contribution in [-0.4, -0.2) is 17.8 Å². The number of nitrogens with zero attached hydrogens (tertiary/aromatic N) is 1. The van der Waals surface area contributed by atoms with E-state index < -0.39 is 6.10 Å². The van der Waals surface area contributed by atoms with E-state index in [1.807, 2.05) is 6.07 Å². The summed E-state index contributed by atoms with van der Waals surface area (Å²) >= 11 is 0. The van der Waals surface area contributed by atoms with E-state index in [-0.39, 0.29) is 11.7 Å². The van der Waals surface area contributed by atoms with Gasteiger partial charge in [0.2, 0.25) is 0 Å². The van der Waals surface area contributed by atoms with Crippen molar-refractivity contribution < 1.29 is 14.3 Å². The van der Waals surface area contributed by atoms with E-state index in [9.17, 15) is 9.59 Å². The largest absolute Gasteiger partial charge is 0.481 e. The smallest absolute Gasteiger partial charge is 0.265 e. The van der Waals surface area contributed by atoms with Gasteiger partial charge in [-0.15, -0.1) is 0 Å². The van der Waals surface area contributed by atoms with Crippen LogP contribution in [0.2, 0.25) is 0 Å². The molecule has 2 rings (SSSR count). The molecule has 0 saturated heterocycles. The number of ketones is 1. The number of hydrogen-bond acceptors (Lipinski definition) is 4. The molecule has 1 atom stereocenters. The van der Waals surface area contributed by atoms with E-state index in [2.05, 4.69) is 5.32 Å². The number of benzene rings is 2. The predicted octanol–water partition coefficient (Wildman–Crippen LogP) is 3.17. The average Bonchev–Trinajstić information content (AvgIpc) is 2.56. The predicted molar refractivity (Wildman–Crippen MR) is 86.3 cm³/mol. The van der Waals surface area contributed by atoms with Crippen molar-refractivity contribution in [3.63, 3.8) is 0 Å². The Morgan fingerprint density at radius 2 is 1.70 bits per heavy atom. The highest BCUT2D eigenvalue weighted by Crippen LogP contribution is 2.15. The number of amides is 1. The molecule has 0 radical (unpaired) electrons. The summed E-state index contributed by atoms with van der Waals surface area (Å²) in [5.41, 5.74) is 1.71. The third kappa shape index (κ3) is 4.42. The highest BCUT2D eigenvalue weighted by Gasteiger charge is 2.15. The Morgan fingerprint density at radius 1 is 1.09 bits per heavy atom. The number of anilines is 1. The normalized spacial score (nSPS) is 11.2. The number of ether oxygens (including phenoxy) is 1. The maximum Gasteiger partial charge on any atom is 0.265 e. The van der Waals surface area contributed by atoms with Crippen LogP contribution in [0, 0.1) is 11.3 Å². The molecule has 0 aliphatic heterocycles. The Hall–Kier alpha value is -3.13. The molecular weight excluding hydrogens is 292 g/mol. The Bertz CT molecular complexity index is 743. The number of carbonyl (C=O) groups is 2. The van der Waals surface area contributed by atoms with Crippen molar-refractivity contribution in [3.05, 3.63) is 59.7 Å². The van der Waals surface area contributed by atoms with Crippen molar-refractivity contribution in [1.29, 1.82) is 5.26 Å². The lowest BCUT2D eigenvalue weighted by Gasteiger charge is -2.15. The maximum absolute atomic E-state index is 12.1. The van der Waals surface area contributed by atoms with Crippen LogP contribution < -0.4 is 10.1 Å². The van der Waals surface area contributed by atoms with Crippen LogP contribution in [-0.2, 0) is 4.79 Å². The molecule has 0 heterocycles. The second kappa shape index (κ2) is 7.23. The number of nitrogens with one attached hydrogen (secondary N) is 1. The van der Waals surface area contributed by atoms with Crippen LogP contribution in [0.3, 0.4) is 0 Å². The van der Waals surface area contributed by atoms with Gasteiger partial charge in [0.25, 0.3) is 5.91 Å². The van der Waals surface area contributed by atoms with Gasteiger partial charge >= 0.3 is 0 Å². The second-order valence-corrected chi connectivity index (χ2v) is 5.02. The van der Waals surface area contributed by atoms with Crippen LogP contribution in [0.1, 0.15) is 29.8 Å². The minimum atomic E-state index is -0.699. The van der Waals surface area contributed by atoms with Gasteiger partial charge in [0, 0.05) is 11.3 Å². The molecule has 0 fully saturated rings. The summed E-state index contributed by atoms with van der Waals surface area (Å²) in [5.74, 6) is 0.184. The number of Topliss-reactive ketones (excluding diaryl/α,β-unsaturated/α-hetero) is 1. The highest BCUT2D eigenvalue weighted by atomic mass is 16.5. The van der Waals surface area contributed by atoms with Gasteiger partial charge in [0.1, 0.15) is 5.75 Å². The van der Waals surface area contributed by atoms with Gasteiger partial charge in [-0.05, 0) is 62.4 Å². The molecule has 0 aromatic heterocycles. The molecule has 0 saturated carbocycles. The quantitative estimate of drug-likeness (QED) is 0.860. The fourth-order valence-corrected chi connectivity index (χ4v) is 1.90. The van der Waals surface area contributed by atoms with Gasteiger partial charge in [-0.3, -0.25) is 9.59 Å². The zero-order chi connectivity index (χ0) is 16.8. The molecule has 23 heavy (non-hydrogen) atoms.